The maximum absolute atomic E-state index is 11.3. The van der Waals surface area contributed by atoms with Crippen LogP contribution in [0.3, 0.4) is 0 Å². The van der Waals surface area contributed by atoms with Gasteiger partial charge in [0.2, 0.25) is 8.32 Å². The highest BCUT2D eigenvalue weighted by atomic mass is 32.2. The SMILES string of the molecule is CC(COc1nccc(-c2nn(C3CCCCO3)c3ccc(O[Si](C)(C)C(C)(C)C)cc23)n1)OCCC(C)OS(C)(=O)=O. The summed E-state index contributed by atoms with van der Waals surface area (Å²) in [5.41, 5.74) is 2.30. The number of rotatable bonds is 13. The molecule has 11 nitrogen and oxygen atoms in total. The van der Waals surface area contributed by atoms with Crippen molar-refractivity contribution in [1.82, 2.24) is 19.7 Å². The van der Waals surface area contributed by atoms with Crippen LogP contribution in [0.15, 0.2) is 30.5 Å². The van der Waals surface area contributed by atoms with Gasteiger partial charge >= 0.3 is 6.01 Å². The summed E-state index contributed by atoms with van der Waals surface area (Å²) < 4.78 is 53.9. The fourth-order valence-corrected chi connectivity index (χ4v) is 6.24. The predicted molar refractivity (Wildman–Crippen MR) is 168 cm³/mol. The lowest BCUT2D eigenvalue weighted by molar-refractivity contribution is -0.0365. The monoisotopic (exact) mass is 634 g/mol. The van der Waals surface area contributed by atoms with Crippen molar-refractivity contribution < 1.29 is 31.2 Å². The quantitative estimate of drug-likeness (QED) is 0.161. The number of benzene rings is 1. The van der Waals surface area contributed by atoms with Crippen molar-refractivity contribution in [1.29, 1.82) is 0 Å². The van der Waals surface area contributed by atoms with Gasteiger partial charge in [-0.25, -0.2) is 9.67 Å². The van der Waals surface area contributed by atoms with Gasteiger partial charge in [0, 0.05) is 24.8 Å². The molecule has 0 bridgehead atoms. The Hall–Kier alpha value is -2.58. The van der Waals surface area contributed by atoms with Crippen molar-refractivity contribution in [3.63, 3.8) is 0 Å². The van der Waals surface area contributed by atoms with Gasteiger partial charge < -0.3 is 18.6 Å². The second kappa shape index (κ2) is 13.6. The van der Waals surface area contributed by atoms with Crippen LogP contribution in [0.4, 0.5) is 0 Å². The van der Waals surface area contributed by atoms with Gasteiger partial charge in [0.25, 0.3) is 10.1 Å². The lowest BCUT2D eigenvalue weighted by atomic mass is 10.1. The van der Waals surface area contributed by atoms with Crippen LogP contribution in [0, 0.1) is 0 Å². The first-order chi connectivity index (χ1) is 20.1. The van der Waals surface area contributed by atoms with Crippen molar-refractivity contribution in [2.45, 2.75) is 96.9 Å². The minimum atomic E-state index is -3.50. The molecule has 0 N–H and O–H groups in total. The maximum Gasteiger partial charge on any atom is 0.317 e. The van der Waals surface area contributed by atoms with Gasteiger partial charge in [-0.15, -0.1) is 0 Å². The van der Waals surface area contributed by atoms with Gasteiger partial charge in [-0.3, -0.25) is 4.18 Å². The average Bonchev–Trinajstić information content (AvgIpc) is 3.29. The highest BCUT2D eigenvalue weighted by Gasteiger charge is 2.39. The Morgan fingerprint density at radius 1 is 1.14 bits per heavy atom. The number of nitrogens with zero attached hydrogens (tertiary/aromatic N) is 4. The van der Waals surface area contributed by atoms with E-state index in [1.807, 2.05) is 23.7 Å². The largest absolute Gasteiger partial charge is 0.543 e. The number of ether oxygens (including phenoxy) is 3. The zero-order valence-electron chi connectivity index (χ0n) is 26.6. The van der Waals surface area contributed by atoms with Crippen LogP contribution in [-0.2, 0) is 23.8 Å². The third-order valence-electron chi connectivity index (χ3n) is 7.87. The molecule has 1 saturated heterocycles. The molecule has 238 valence electrons. The standard InChI is InChI=1S/C30H46N4O7SSi/c1-21(40-42(6,35)36)15-18-37-22(2)20-39-29-31-16-14-25(32-29)28-24-19-23(41-43(7,8)30(3,4)5)12-13-26(24)34(33-28)27-11-9-10-17-38-27/h12-14,16,19,21-22,27H,9-11,15,17-18,20H2,1-8H3. The van der Waals surface area contributed by atoms with E-state index in [0.717, 1.165) is 42.2 Å². The van der Waals surface area contributed by atoms with Gasteiger partial charge in [-0.2, -0.15) is 18.5 Å². The van der Waals surface area contributed by atoms with E-state index >= 15 is 0 Å². The van der Waals surface area contributed by atoms with Crippen LogP contribution < -0.4 is 9.16 Å². The van der Waals surface area contributed by atoms with Crippen LogP contribution in [0.5, 0.6) is 11.8 Å². The second-order valence-electron chi connectivity index (χ2n) is 12.8. The van der Waals surface area contributed by atoms with Crippen molar-refractivity contribution in [3.8, 4) is 23.1 Å². The van der Waals surface area contributed by atoms with E-state index in [1.165, 1.54) is 0 Å². The molecule has 1 aliphatic heterocycles. The smallest absolute Gasteiger partial charge is 0.317 e. The van der Waals surface area contributed by atoms with Crippen molar-refractivity contribution in [2.24, 2.45) is 0 Å². The first-order valence-electron chi connectivity index (χ1n) is 14.9. The molecule has 0 saturated carbocycles. The second-order valence-corrected chi connectivity index (χ2v) is 19.1. The lowest BCUT2D eigenvalue weighted by Crippen LogP contribution is -2.43. The molecule has 1 aliphatic rings. The topological polar surface area (TPSA) is 124 Å². The fourth-order valence-electron chi connectivity index (χ4n) is 4.52. The molecule has 13 heteroatoms. The van der Waals surface area contributed by atoms with E-state index in [0.29, 0.717) is 31.0 Å². The zero-order chi connectivity index (χ0) is 31.4. The van der Waals surface area contributed by atoms with E-state index in [4.69, 9.17) is 32.9 Å². The minimum absolute atomic E-state index is 0.0623. The summed E-state index contributed by atoms with van der Waals surface area (Å²) in [5, 5.41) is 6.00. The third-order valence-corrected chi connectivity index (χ3v) is 12.9. The van der Waals surface area contributed by atoms with Gasteiger partial charge in [0.05, 0.1) is 29.7 Å². The summed E-state index contributed by atoms with van der Waals surface area (Å²) in [6, 6.07) is 8.19. The molecule has 0 radical (unpaired) electrons. The molecule has 0 aliphatic carbocycles. The summed E-state index contributed by atoms with van der Waals surface area (Å²) in [7, 11) is -5.55. The first-order valence-corrected chi connectivity index (χ1v) is 19.6. The van der Waals surface area contributed by atoms with E-state index in [9.17, 15) is 8.42 Å². The van der Waals surface area contributed by atoms with Gasteiger partial charge in [-0.1, -0.05) is 20.8 Å². The highest BCUT2D eigenvalue weighted by Crippen LogP contribution is 2.39. The molecule has 1 fully saturated rings. The molecule has 1 aromatic carbocycles. The fraction of sp³-hybridized carbons (Fsp3) is 0.633. The van der Waals surface area contributed by atoms with Crippen LogP contribution in [0.2, 0.25) is 18.1 Å². The van der Waals surface area contributed by atoms with Crippen molar-refractivity contribution in [2.75, 3.05) is 26.1 Å². The van der Waals surface area contributed by atoms with E-state index in [1.54, 1.807) is 13.1 Å². The molecule has 2 aromatic heterocycles. The molecule has 3 aromatic rings. The molecule has 0 amide bonds. The maximum atomic E-state index is 11.3. The number of fused-ring (bicyclic) bond motifs is 1. The summed E-state index contributed by atoms with van der Waals surface area (Å²) >= 11 is 0. The van der Waals surface area contributed by atoms with E-state index in [-0.39, 0.29) is 30.0 Å². The van der Waals surface area contributed by atoms with Crippen LogP contribution in [0.25, 0.3) is 22.3 Å². The molecule has 4 rings (SSSR count). The van der Waals surface area contributed by atoms with Crippen molar-refractivity contribution in [3.05, 3.63) is 30.5 Å². The van der Waals surface area contributed by atoms with Crippen molar-refractivity contribution >= 4 is 29.3 Å². The number of hydrogen-bond donors (Lipinski definition) is 0. The Morgan fingerprint density at radius 2 is 1.91 bits per heavy atom. The van der Waals surface area contributed by atoms with E-state index in [2.05, 4.69) is 51.0 Å². The van der Waals surface area contributed by atoms with Gasteiger partial charge in [0.15, 0.2) is 6.23 Å². The summed E-state index contributed by atoms with van der Waals surface area (Å²) in [6.45, 7) is 16.0. The summed E-state index contributed by atoms with van der Waals surface area (Å²) in [5.74, 6) is 0.817. The Bertz CT molecular complexity index is 1480. The van der Waals surface area contributed by atoms with Crippen LogP contribution >= 0.6 is 0 Å². The molecular weight excluding hydrogens is 589 g/mol. The van der Waals surface area contributed by atoms with Gasteiger partial charge in [-0.05, 0) is 81.9 Å². The minimum Gasteiger partial charge on any atom is -0.543 e. The predicted octanol–water partition coefficient (Wildman–Crippen LogP) is 6.12. The average molecular weight is 635 g/mol. The molecule has 3 heterocycles. The molecule has 3 atom stereocenters. The Labute approximate surface area is 256 Å². The zero-order valence-corrected chi connectivity index (χ0v) is 28.4. The molecule has 3 unspecified atom stereocenters. The Morgan fingerprint density at radius 3 is 2.58 bits per heavy atom. The summed E-state index contributed by atoms with van der Waals surface area (Å²) in [4.78, 5) is 8.99. The first kappa shape index (κ1) is 33.3. The van der Waals surface area contributed by atoms with Crippen LogP contribution in [-0.4, -0.2) is 74.8 Å². The highest BCUT2D eigenvalue weighted by molar-refractivity contribution is 7.86. The van der Waals surface area contributed by atoms with Crippen LogP contribution in [0.1, 0.15) is 66.5 Å². The normalized spacial score (nSPS) is 18.0. The van der Waals surface area contributed by atoms with E-state index < -0.39 is 24.5 Å². The molecule has 43 heavy (non-hydrogen) atoms. The third kappa shape index (κ3) is 8.97. The number of aromatic nitrogens is 4. The van der Waals surface area contributed by atoms with Gasteiger partial charge in [0.1, 0.15) is 18.1 Å². The summed E-state index contributed by atoms with van der Waals surface area (Å²) in [6.07, 6.45) is 5.29. The Balaban J connectivity index is 1.53. The molecular formula is C30H46N4O7SSi. The Kier molecular flexibility index (Phi) is 10.5. The lowest BCUT2D eigenvalue weighted by Gasteiger charge is -2.36. The molecule has 0 spiro atoms. The number of hydrogen-bond acceptors (Lipinski definition) is 10.